The highest BCUT2D eigenvalue weighted by Gasteiger charge is 2.28. The molecule has 152 valence electrons. The molecule has 0 bridgehead atoms. The SMILES string of the molecule is C=C[C@@H](C[C@H](O)[C@H](CC1CCCCC1)n1cnc(CCC(N)=O)c1)C(C)C. The highest BCUT2D eigenvalue weighted by atomic mass is 16.3. The summed E-state index contributed by atoms with van der Waals surface area (Å²) in [5, 5.41) is 11.1. The van der Waals surface area contributed by atoms with Gasteiger partial charge in [-0.15, -0.1) is 6.58 Å². The second-order valence-electron chi connectivity index (χ2n) is 8.53. The average molecular weight is 376 g/mol. The van der Waals surface area contributed by atoms with E-state index in [4.69, 9.17) is 5.73 Å². The van der Waals surface area contributed by atoms with Gasteiger partial charge in [-0.25, -0.2) is 4.98 Å². The predicted molar refractivity (Wildman–Crippen MR) is 109 cm³/mol. The Morgan fingerprint density at radius 1 is 1.41 bits per heavy atom. The first-order valence-corrected chi connectivity index (χ1v) is 10.5. The van der Waals surface area contributed by atoms with Gasteiger partial charge in [-0.2, -0.15) is 0 Å². The average Bonchev–Trinajstić information content (AvgIpc) is 3.11. The van der Waals surface area contributed by atoms with Crippen LogP contribution in [0.25, 0.3) is 0 Å². The van der Waals surface area contributed by atoms with E-state index in [0.717, 1.165) is 12.1 Å². The lowest BCUT2D eigenvalue weighted by atomic mass is 9.81. The molecule has 1 aliphatic carbocycles. The van der Waals surface area contributed by atoms with Crippen LogP contribution in [-0.4, -0.2) is 26.7 Å². The van der Waals surface area contributed by atoms with Gasteiger partial charge in [0.1, 0.15) is 0 Å². The van der Waals surface area contributed by atoms with E-state index in [1.54, 1.807) is 0 Å². The molecule has 0 radical (unpaired) electrons. The Morgan fingerprint density at radius 2 is 2.11 bits per heavy atom. The number of nitrogens with two attached hydrogens (primary N) is 1. The van der Waals surface area contributed by atoms with E-state index in [9.17, 15) is 9.90 Å². The van der Waals surface area contributed by atoms with Crippen molar-refractivity contribution in [2.45, 2.75) is 83.8 Å². The third-order valence-electron chi connectivity index (χ3n) is 6.08. The van der Waals surface area contributed by atoms with E-state index < -0.39 is 6.10 Å². The van der Waals surface area contributed by atoms with Crippen LogP contribution in [-0.2, 0) is 11.2 Å². The van der Waals surface area contributed by atoms with Gasteiger partial charge in [-0.3, -0.25) is 4.79 Å². The van der Waals surface area contributed by atoms with E-state index in [2.05, 4.69) is 30.0 Å². The molecular weight excluding hydrogens is 338 g/mol. The summed E-state index contributed by atoms with van der Waals surface area (Å²) >= 11 is 0. The Bertz CT molecular complexity index is 590. The number of aryl methyl sites for hydroxylation is 1. The standard InChI is InChI=1S/C22H37N3O2/c1-4-18(16(2)3)13-21(26)20(12-17-8-6-5-7-9-17)25-14-19(24-15-25)10-11-22(23)27/h4,14-18,20-21,26H,1,5-13H2,2-3H3,(H2,23,27)/t18-,20-,21-/m0/s1. The van der Waals surface area contributed by atoms with Crippen molar-refractivity contribution in [1.82, 2.24) is 9.55 Å². The van der Waals surface area contributed by atoms with Crippen LogP contribution in [0.1, 0.15) is 76.9 Å². The van der Waals surface area contributed by atoms with Gasteiger partial charge in [0.25, 0.3) is 0 Å². The Morgan fingerprint density at radius 3 is 2.70 bits per heavy atom. The first-order valence-electron chi connectivity index (χ1n) is 10.5. The molecule has 3 N–H and O–H groups in total. The lowest BCUT2D eigenvalue weighted by molar-refractivity contribution is -0.118. The highest BCUT2D eigenvalue weighted by Crippen LogP contribution is 2.34. The van der Waals surface area contributed by atoms with Gasteiger partial charge in [-0.05, 0) is 37.0 Å². The molecule has 0 saturated heterocycles. The van der Waals surface area contributed by atoms with E-state index >= 15 is 0 Å². The van der Waals surface area contributed by atoms with Crippen LogP contribution in [0, 0.1) is 17.8 Å². The number of hydrogen-bond donors (Lipinski definition) is 2. The number of primary amides is 1. The summed E-state index contributed by atoms with van der Waals surface area (Å²) in [4.78, 5) is 15.5. The summed E-state index contributed by atoms with van der Waals surface area (Å²) in [6, 6.07) is 0.0177. The Balaban J connectivity index is 2.12. The van der Waals surface area contributed by atoms with Gasteiger partial charge in [0.2, 0.25) is 5.91 Å². The number of carbonyl (C=O) groups excluding carboxylic acids is 1. The molecule has 1 aromatic heterocycles. The fraction of sp³-hybridized carbons (Fsp3) is 0.727. The summed E-state index contributed by atoms with van der Waals surface area (Å²) in [5.74, 6) is 1.11. The van der Waals surface area contributed by atoms with Crippen LogP contribution in [0.5, 0.6) is 0 Å². The van der Waals surface area contributed by atoms with Gasteiger partial charge < -0.3 is 15.4 Å². The molecule has 0 spiro atoms. The topological polar surface area (TPSA) is 81.1 Å². The third kappa shape index (κ3) is 6.80. The maximum absolute atomic E-state index is 11.1. The van der Waals surface area contributed by atoms with Gasteiger partial charge in [0.15, 0.2) is 0 Å². The summed E-state index contributed by atoms with van der Waals surface area (Å²) in [6.07, 6.45) is 14.3. The molecule has 3 atom stereocenters. The van der Waals surface area contributed by atoms with Gasteiger partial charge in [0, 0.05) is 12.6 Å². The number of rotatable bonds is 11. The lowest BCUT2D eigenvalue weighted by Gasteiger charge is -2.32. The van der Waals surface area contributed by atoms with Crippen LogP contribution in [0.2, 0.25) is 0 Å². The summed E-state index contributed by atoms with van der Waals surface area (Å²) in [5.41, 5.74) is 6.11. The second-order valence-corrected chi connectivity index (χ2v) is 8.53. The molecule has 1 amide bonds. The summed E-state index contributed by atoms with van der Waals surface area (Å²) in [7, 11) is 0. The van der Waals surface area contributed by atoms with Crippen LogP contribution >= 0.6 is 0 Å². The van der Waals surface area contributed by atoms with E-state index in [1.807, 2.05) is 18.6 Å². The number of imidazole rings is 1. The molecule has 1 aromatic rings. The minimum atomic E-state index is -0.435. The smallest absolute Gasteiger partial charge is 0.217 e. The van der Waals surface area contributed by atoms with Gasteiger partial charge in [-0.1, -0.05) is 52.0 Å². The first-order chi connectivity index (χ1) is 12.9. The molecule has 1 saturated carbocycles. The molecule has 0 aromatic carbocycles. The molecule has 1 aliphatic rings. The largest absolute Gasteiger partial charge is 0.391 e. The third-order valence-corrected chi connectivity index (χ3v) is 6.08. The summed E-state index contributed by atoms with van der Waals surface area (Å²) in [6.45, 7) is 8.30. The molecule has 5 nitrogen and oxygen atoms in total. The second kappa shape index (κ2) is 10.6. The van der Waals surface area contributed by atoms with Crippen molar-refractivity contribution in [2.24, 2.45) is 23.5 Å². The van der Waals surface area contributed by atoms with E-state index in [1.165, 1.54) is 32.1 Å². The summed E-state index contributed by atoms with van der Waals surface area (Å²) < 4.78 is 2.07. The molecular formula is C22H37N3O2. The number of aliphatic hydroxyl groups excluding tert-OH is 1. The number of aromatic nitrogens is 2. The van der Waals surface area contributed by atoms with Crippen molar-refractivity contribution in [3.63, 3.8) is 0 Å². The number of hydrogen-bond acceptors (Lipinski definition) is 3. The Hall–Kier alpha value is -1.62. The quantitative estimate of drug-likeness (QED) is 0.573. The van der Waals surface area contributed by atoms with Crippen molar-refractivity contribution >= 4 is 5.91 Å². The zero-order valence-corrected chi connectivity index (χ0v) is 17.0. The molecule has 5 heteroatoms. The first kappa shape index (κ1) is 21.7. The fourth-order valence-corrected chi connectivity index (χ4v) is 4.26. The highest BCUT2D eigenvalue weighted by molar-refractivity contribution is 5.73. The molecule has 2 rings (SSSR count). The number of aliphatic hydroxyl groups is 1. The lowest BCUT2D eigenvalue weighted by Crippen LogP contribution is -2.29. The molecule has 27 heavy (non-hydrogen) atoms. The van der Waals surface area contributed by atoms with Crippen LogP contribution in [0.15, 0.2) is 25.2 Å². The maximum atomic E-state index is 11.1. The van der Waals surface area contributed by atoms with Crippen LogP contribution in [0.4, 0.5) is 0 Å². The number of amides is 1. The van der Waals surface area contributed by atoms with Gasteiger partial charge in [0.05, 0.1) is 24.2 Å². The van der Waals surface area contributed by atoms with Gasteiger partial charge >= 0.3 is 0 Å². The van der Waals surface area contributed by atoms with Crippen molar-refractivity contribution < 1.29 is 9.90 Å². The molecule has 0 aliphatic heterocycles. The fourth-order valence-electron chi connectivity index (χ4n) is 4.26. The number of nitrogens with zero attached hydrogens (tertiary/aromatic N) is 2. The molecule has 1 fully saturated rings. The minimum absolute atomic E-state index is 0.0177. The molecule has 0 unspecified atom stereocenters. The zero-order valence-electron chi connectivity index (χ0n) is 17.0. The van der Waals surface area contributed by atoms with Crippen molar-refractivity contribution in [2.75, 3.05) is 0 Å². The van der Waals surface area contributed by atoms with Crippen molar-refractivity contribution in [3.05, 3.63) is 30.9 Å². The maximum Gasteiger partial charge on any atom is 0.217 e. The zero-order chi connectivity index (χ0) is 19.8. The Kier molecular flexibility index (Phi) is 8.55. The van der Waals surface area contributed by atoms with E-state index in [0.29, 0.717) is 37.0 Å². The van der Waals surface area contributed by atoms with Crippen molar-refractivity contribution in [1.29, 1.82) is 0 Å². The Labute approximate surface area is 164 Å². The normalized spacial score (nSPS) is 19.0. The predicted octanol–water partition coefficient (Wildman–Crippen LogP) is 4.02. The van der Waals surface area contributed by atoms with Crippen LogP contribution in [0.3, 0.4) is 0 Å². The molecule has 1 heterocycles. The number of carbonyl (C=O) groups is 1. The minimum Gasteiger partial charge on any atom is -0.391 e. The van der Waals surface area contributed by atoms with E-state index in [-0.39, 0.29) is 11.9 Å². The monoisotopic (exact) mass is 375 g/mol. The van der Waals surface area contributed by atoms with Crippen molar-refractivity contribution in [3.8, 4) is 0 Å². The van der Waals surface area contributed by atoms with Crippen LogP contribution < -0.4 is 5.73 Å². The number of allylic oxidation sites excluding steroid dienone is 1.